The van der Waals surface area contributed by atoms with Crippen molar-refractivity contribution in [2.24, 2.45) is 5.92 Å². The molecule has 0 spiro atoms. The van der Waals surface area contributed by atoms with Crippen LogP contribution in [0.2, 0.25) is 0 Å². The summed E-state index contributed by atoms with van der Waals surface area (Å²) in [5.74, 6) is 1.06. The van der Waals surface area contributed by atoms with Gasteiger partial charge in [0.1, 0.15) is 12.2 Å². The van der Waals surface area contributed by atoms with Gasteiger partial charge >= 0.3 is 0 Å². The molecular weight excluding hydrogens is 290 g/mol. The number of amides is 1. The SMILES string of the molecule is N#Cc1ccc(OC2CCC(NC(=O)C3CCCC3)CC2)nc1. The summed E-state index contributed by atoms with van der Waals surface area (Å²) in [6.45, 7) is 0. The fourth-order valence-corrected chi connectivity index (χ4v) is 3.52. The molecule has 2 saturated carbocycles. The molecule has 5 heteroatoms. The lowest BCUT2D eigenvalue weighted by Crippen LogP contribution is -2.42. The molecule has 0 radical (unpaired) electrons. The first-order valence-corrected chi connectivity index (χ1v) is 8.58. The van der Waals surface area contributed by atoms with Gasteiger partial charge in [-0.05, 0) is 44.6 Å². The number of nitrogens with zero attached hydrogens (tertiary/aromatic N) is 2. The Balaban J connectivity index is 1.42. The molecule has 1 heterocycles. The van der Waals surface area contributed by atoms with Gasteiger partial charge in [-0.1, -0.05) is 12.8 Å². The summed E-state index contributed by atoms with van der Waals surface area (Å²) in [6.07, 6.45) is 9.93. The highest BCUT2D eigenvalue weighted by atomic mass is 16.5. The predicted octanol–water partition coefficient (Wildman–Crippen LogP) is 2.95. The molecule has 0 aromatic carbocycles. The minimum atomic E-state index is 0.148. The first-order valence-electron chi connectivity index (χ1n) is 8.58. The Morgan fingerprint density at radius 1 is 1.17 bits per heavy atom. The van der Waals surface area contributed by atoms with Crippen molar-refractivity contribution in [3.05, 3.63) is 23.9 Å². The van der Waals surface area contributed by atoms with Crippen LogP contribution in [0.3, 0.4) is 0 Å². The first-order chi connectivity index (χ1) is 11.2. The second-order valence-electron chi connectivity index (χ2n) is 6.58. The summed E-state index contributed by atoms with van der Waals surface area (Å²) in [4.78, 5) is 16.3. The maximum absolute atomic E-state index is 12.2. The predicted molar refractivity (Wildman–Crippen MR) is 85.7 cm³/mol. The Bertz CT molecular complexity index is 565. The fraction of sp³-hybridized carbons (Fsp3) is 0.611. The lowest BCUT2D eigenvalue weighted by molar-refractivity contribution is -0.125. The molecule has 0 aliphatic heterocycles. The molecule has 5 nitrogen and oxygen atoms in total. The van der Waals surface area contributed by atoms with Crippen LogP contribution < -0.4 is 10.1 Å². The zero-order chi connectivity index (χ0) is 16.1. The number of ether oxygens (including phenoxy) is 1. The van der Waals surface area contributed by atoms with E-state index in [1.165, 1.54) is 19.0 Å². The van der Waals surface area contributed by atoms with Crippen molar-refractivity contribution >= 4 is 5.91 Å². The second kappa shape index (κ2) is 7.45. The van der Waals surface area contributed by atoms with E-state index in [4.69, 9.17) is 10.00 Å². The van der Waals surface area contributed by atoms with E-state index in [1.54, 1.807) is 12.1 Å². The highest BCUT2D eigenvalue weighted by Crippen LogP contribution is 2.27. The quantitative estimate of drug-likeness (QED) is 0.927. The number of pyridine rings is 1. The average Bonchev–Trinajstić information content (AvgIpc) is 3.12. The van der Waals surface area contributed by atoms with Crippen LogP contribution in [0.5, 0.6) is 5.88 Å². The third-order valence-corrected chi connectivity index (χ3v) is 4.90. The fourth-order valence-electron chi connectivity index (χ4n) is 3.52. The highest BCUT2D eigenvalue weighted by molar-refractivity contribution is 5.79. The van der Waals surface area contributed by atoms with Gasteiger partial charge in [0.05, 0.1) is 5.56 Å². The van der Waals surface area contributed by atoms with Gasteiger partial charge in [0.2, 0.25) is 11.8 Å². The first kappa shape index (κ1) is 15.8. The molecule has 3 rings (SSSR count). The molecule has 1 aromatic rings. The van der Waals surface area contributed by atoms with E-state index >= 15 is 0 Å². The summed E-state index contributed by atoms with van der Waals surface area (Å²) in [5, 5.41) is 12.0. The molecule has 2 aliphatic rings. The number of aromatic nitrogens is 1. The summed E-state index contributed by atoms with van der Waals surface area (Å²) in [7, 11) is 0. The maximum Gasteiger partial charge on any atom is 0.223 e. The van der Waals surface area contributed by atoms with Gasteiger partial charge in [-0.25, -0.2) is 4.98 Å². The summed E-state index contributed by atoms with van der Waals surface area (Å²) < 4.78 is 5.87. The molecular formula is C18H23N3O2. The van der Waals surface area contributed by atoms with Gasteiger partial charge in [-0.15, -0.1) is 0 Å². The Hall–Kier alpha value is -2.09. The number of hydrogen-bond donors (Lipinski definition) is 1. The molecule has 0 saturated heterocycles. The number of carbonyl (C=O) groups is 1. The molecule has 23 heavy (non-hydrogen) atoms. The summed E-state index contributed by atoms with van der Waals surface area (Å²) in [6, 6.07) is 5.80. The van der Waals surface area contributed by atoms with Crippen molar-refractivity contribution < 1.29 is 9.53 Å². The molecule has 2 fully saturated rings. The van der Waals surface area contributed by atoms with Gasteiger partial charge in [-0.2, -0.15) is 5.26 Å². The van der Waals surface area contributed by atoms with Crippen molar-refractivity contribution in [3.63, 3.8) is 0 Å². The van der Waals surface area contributed by atoms with Crippen LogP contribution in [0.25, 0.3) is 0 Å². The van der Waals surface area contributed by atoms with Gasteiger partial charge < -0.3 is 10.1 Å². The Kier molecular flexibility index (Phi) is 5.12. The van der Waals surface area contributed by atoms with Crippen molar-refractivity contribution in [2.45, 2.75) is 63.5 Å². The standard InChI is InChI=1S/C18H23N3O2/c19-11-13-5-10-17(20-12-13)23-16-8-6-15(7-9-16)21-18(22)14-3-1-2-4-14/h5,10,12,14-16H,1-4,6-9H2,(H,21,22). The zero-order valence-electron chi connectivity index (χ0n) is 13.3. The molecule has 0 bridgehead atoms. The molecule has 1 amide bonds. The van der Waals surface area contributed by atoms with Crippen LogP contribution in [0, 0.1) is 17.2 Å². The molecule has 2 aliphatic carbocycles. The summed E-state index contributed by atoms with van der Waals surface area (Å²) in [5.41, 5.74) is 0.538. The van der Waals surface area contributed by atoms with Gasteiger partial charge in [0.25, 0.3) is 0 Å². The van der Waals surface area contributed by atoms with E-state index in [1.807, 2.05) is 6.07 Å². The number of nitriles is 1. The Morgan fingerprint density at radius 3 is 2.52 bits per heavy atom. The van der Waals surface area contributed by atoms with Crippen LogP contribution in [0.1, 0.15) is 56.9 Å². The minimum Gasteiger partial charge on any atom is -0.474 e. The number of nitrogens with one attached hydrogen (secondary N) is 1. The van der Waals surface area contributed by atoms with Crippen LogP contribution in [-0.2, 0) is 4.79 Å². The van der Waals surface area contributed by atoms with E-state index < -0.39 is 0 Å². The van der Waals surface area contributed by atoms with Crippen LogP contribution in [-0.4, -0.2) is 23.0 Å². The largest absolute Gasteiger partial charge is 0.474 e. The second-order valence-corrected chi connectivity index (χ2v) is 6.58. The van der Waals surface area contributed by atoms with Crippen LogP contribution in [0.15, 0.2) is 18.3 Å². The lowest BCUT2D eigenvalue weighted by atomic mass is 9.92. The van der Waals surface area contributed by atoms with E-state index in [-0.39, 0.29) is 24.0 Å². The van der Waals surface area contributed by atoms with Gasteiger partial charge in [0, 0.05) is 24.2 Å². The highest BCUT2D eigenvalue weighted by Gasteiger charge is 2.28. The maximum atomic E-state index is 12.2. The van der Waals surface area contributed by atoms with E-state index in [9.17, 15) is 4.79 Å². The smallest absolute Gasteiger partial charge is 0.223 e. The van der Waals surface area contributed by atoms with Crippen molar-refractivity contribution in [1.82, 2.24) is 10.3 Å². The molecule has 0 atom stereocenters. The van der Waals surface area contributed by atoms with E-state index in [0.29, 0.717) is 11.4 Å². The molecule has 122 valence electrons. The van der Waals surface area contributed by atoms with E-state index in [2.05, 4.69) is 10.3 Å². The zero-order valence-corrected chi connectivity index (χ0v) is 13.3. The molecule has 0 unspecified atom stereocenters. The minimum absolute atomic E-state index is 0.148. The number of hydrogen-bond acceptors (Lipinski definition) is 4. The van der Waals surface area contributed by atoms with Crippen molar-refractivity contribution in [3.8, 4) is 11.9 Å². The Labute approximate surface area is 137 Å². The van der Waals surface area contributed by atoms with E-state index in [0.717, 1.165) is 38.5 Å². The van der Waals surface area contributed by atoms with Crippen LogP contribution in [0.4, 0.5) is 0 Å². The van der Waals surface area contributed by atoms with Crippen molar-refractivity contribution in [2.75, 3.05) is 0 Å². The van der Waals surface area contributed by atoms with Crippen molar-refractivity contribution in [1.29, 1.82) is 5.26 Å². The monoisotopic (exact) mass is 313 g/mol. The normalized spacial score (nSPS) is 24.8. The summed E-state index contributed by atoms with van der Waals surface area (Å²) >= 11 is 0. The molecule has 1 aromatic heterocycles. The average molecular weight is 313 g/mol. The van der Waals surface area contributed by atoms with Gasteiger partial charge in [-0.3, -0.25) is 4.79 Å². The third-order valence-electron chi connectivity index (χ3n) is 4.90. The number of carbonyl (C=O) groups excluding carboxylic acids is 1. The topological polar surface area (TPSA) is 75.0 Å². The Morgan fingerprint density at radius 2 is 1.91 bits per heavy atom. The third kappa shape index (κ3) is 4.22. The van der Waals surface area contributed by atoms with Gasteiger partial charge in [0.15, 0.2) is 0 Å². The molecule has 1 N–H and O–H groups in total. The lowest BCUT2D eigenvalue weighted by Gasteiger charge is -2.29. The number of rotatable bonds is 4. The van der Waals surface area contributed by atoms with Crippen LogP contribution >= 0.6 is 0 Å².